The van der Waals surface area contributed by atoms with Crippen molar-refractivity contribution >= 4 is 69.1 Å². The van der Waals surface area contributed by atoms with Crippen molar-refractivity contribution in [2.45, 2.75) is 182 Å². The number of rotatable bonds is 33. The molecule has 0 saturated heterocycles. The second-order valence-electron chi connectivity index (χ2n) is 20.9. The Morgan fingerprint density at radius 2 is 0.527 bits per heavy atom. The van der Waals surface area contributed by atoms with Gasteiger partial charge in [-0.3, -0.25) is 19.2 Å². The third kappa shape index (κ3) is 12.3. The number of fused-ring (bicyclic) bond motifs is 2. The van der Waals surface area contributed by atoms with Gasteiger partial charge in [-0.25, -0.2) is 0 Å². The van der Waals surface area contributed by atoms with E-state index in [4.69, 9.17) is 0 Å². The smallest absolute Gasteiger partial charge is 0.261 e. The molecule has 2 aromatic carbocycles. The molecule has 4 aliphatic rings. The highest BCUT2D eigenvalue weighted by Gasteiger charge is 2.50. The zero-order valence-corrected chi connectivity index (χ0v) is 46.8. The lowest BCUT2D eigenvalue weighted by Gasteiger charge is -2.25. The molecule has 4 aromatic rings. The number of thiophene rings is 2. The van der Waals surface area contributed by atoms with Gasteiger partial charge in [-0.1, -0.05) is 217 Å². The maximum atomic E-state index is 15.0. The van der Waals surface area contributed by atoms with E-state index in [-0.39, 0.29) is 23.6 Å². The fourth-order valence-electron chi connectivity index (χ4n) is 11.3. The van der Waals surface area contributed by atoms with Gasteiger partial charge in [-0.05, 0) is 61.1 Å². The number of carbonyl (C=O) groups excluding carboxylic acids is 4. The van der Waals surface area contributed by atoms with E-state index in [1.165, 1.54) is 77.0 Å². The van der Waals surface area contributed by atoms with Crippen molar-refractivity contribution in [3.8, 4) is 9.75 Å². The molecule has 0 bridgehead atoms. The van der Waals surface area contributed by atoms with Crippen LogP contribution in [-0.2, 0) is 19.2 Å². The van der Waals surface area contributed by atoms with Crippen LogP contribution in [0.3, 0.4) is 0 Å². The van der Waals surface area contributed by atoms with E-state index in [1.807, 2.05) is 80.3 Å². The lowest BCUT2D eigenvalue weighted by molar-refractivity contribution is -0.124. The van der Waals surface area contributed by atoms with Crippen molar-refractivity contribution in [1.29, 1.82) is 0 Å². The van der Waals surface area contributed by atoms with Gasteiger partial charge in [0.05, 0.1) is 54.8 Å². The van der Waals surface area contributed by atoms with Gasteiger partial charge >= 0.3 is 0 Å². The minimum atomic E-state index is -0.0788. The van der Waals surface area contributed by atoms with Crippen molar-refractivity contribution in [2.75, 3.05) is 26.2 Å². The summed E-state index contributed by atoms with van der Waals surface area (Å²) in [5.74, 6) is -0.315. The summed E-state index contributed by atoms with van der Waals surface area (Å²) in [6.07, 6.45) is 26.5. The van der Waals surface area contributed by atoms with Crippen LogP contribution in [0.2, 0.25) is 0 Å². The van der Waals surface area contributed by atoms with E-state index >= 15 is 19.2 Å². The molecule has 8 nitrogen and oxygen atoms in total. The molecule has 0 fully saturated rings. The highest BCUT2D eigenvalue weighted by molar-refractivity contribution is 7.23. The normalized spacial score (nSPS) is 15.8. The Bertz CT molecular complexity index is 2500. The molecule has 6 heterocycles. The fraction of sp³-hybridized carbons (Fsp3) is 0.500. The van der Waals surface area contributed by atoms with Crippen LogP contribution in [0.4, 0.5) is 0 Å². The van der Waals surface area contributed by atoms with Gasteiger partial charge in [0, 0.05) is 35.9 Å². The summed E-state index contributed by atoms with van der Waals surface area (Å²) in [6.45, 7) is 11.2. The first-order chi connectivity index (χ1) is 36.3. The quantitative estimate of drug-likeness (QED) is 0.0445. The van der Waals surface area contributed by atoms with Gasteiger partial charge in [0.25, 0.3) is 23.6 Å². The standard InChI is InChI=1S/C64H82N4O4S2/c1-5-9-13-17-21-31-43-65-57(47-35-27-25-28-36-47)53-55(63(65)71)59(67(61(53)69)45-33-23-19-15-11-7-3)51-41-39-49(73-51)50-40-42-52(74-50)60-56-54(62(70)68(60)46-34-24-20-16-12-8-4)58(48-37-29-26-30-38-48)66(64(56)72)44-32-22-18-14-10-6-2/h25-30,35-42H,5-24,31-34,43-46H2,1-4H3. The molecule has 2 aromatic heterocycles. The van der Waals surface area contributed by atoms with Gasteiger partial charge in [0.2, 0.25) is 0 Å². The van der Waals surface area contributed by atoms with Crippen LogP contribution in [0.5, 0.6) is 0 Å². The summed E-state index contributed by atoms with van der Waals surface area (Å²) in [6, 6.07) is 28.5. The zero-order chi connectivity index (χ0) is 51.8. The molecule has 394 valence electrons. The second-order valence-corrected chi connectivity index (χ2v) is 23.0. The lowest BCUT2D eigenvalue weighted by atomic mass is 10.0. The molecule has 0 unspecified atom stereocenters. The monoisotopic (exact) mass is 1030 g/mol. The molecule has 74 heavy (non-hydrogen) atoms. The van der Waals surface area contributed by atoms with Gasteiger partial charge in [0.1, 0.15) is 0 Å². The summed E-state index contributed by atoms with van der Waals surface area (Å²) >= 11 is 3.23. The van der Waals surface area contributed by atoms with Crippen molar-refractivity contribution in [3.63, 3.8) is 0 Å². The van der Waals surface area contributed by atoms with Gasteiger partial charge < -0.3 is 19.6 Å². The predicted octanol–water partition coefficient (Wildman–Crippen LogP) is 16.5. The van der Waals surface area contributed by atoms with E-state index < -0.39 is 0 Å². The van der Waals surface area contributed by atoms with Crippen LogP contribution >= 0.6 is 22.7 Å². The summed E-state index contributed by atoms with van der Waals surface area (Å²) in [5, 5.41) is 0. The highest BCUT2D eigenvalue weighted by Crippen LogP contribution is 2.51. The minimum Gasteiger partial charge on any atom is -0.307 e. The summed E-state index contributed by atoms with van der Waals surface area (Å²) in [5.41, 5.74) is 6.90. The zero-order valence-electron chi connectivity index (χ0n) is 45.1. The van der Waals surface area contributed by atoms with Crippen molar-refractivity contribution in [3.05, 3.63) is 128 Å². The first-order valence-corrected chi connectivity index (χ1v) is 30.5. The number of benzene rings is 2. The first kappa shape index (κ1) is 54.9. The summed E-state index contributed by atoms with van der Waals surface area (Å²) in [7, 11) is 0. The average Bonchev–Trinajstić information content (AvgIpc) is 4.30. The Kier molecular flexibility index (Phi) is 20.4. The number of hydrogen-bond donors (Lipinski definition) is 0. The van der Waals surface area contributed by atoms with Crippen LogP contribution in [0.1, 0.15) is 203 Å². The Morgan fingerprint density at radius 1 is 0.284 bits per heavy atom. The van der Waals surface area contributed by atoms with Gasteiger partial charge in [-0.2, -0.15) is 0 Å². The van der Waals surface area contributed by atoms with Gasteiger partial charge in [0.15, 0.2) is 0 Å². The molecule has 10 heteroatoms. The van der Waals surface area contributed by atoms with Crippen molar-refractivity contribution in [1.82, 2.24) is 19.6 Å². The Labute approximate surface area is 451 Å². The Morgan fingerprint density at radius 3 is 0.824 bits per heavy atom. The third-order valence-corrected chi connectivity index (χ3v) is 17.7. The molecule has 0 spiro atoms. The first-order valence-electron chi connectivity index (χ1n) is 28.9. The number of amides is 4. The molecular formula is C64H82N4O4S2. The molecule has 0 radical (unpaired) electrons. The number of hydrogen-bond acceptors (Lipinski definition) is 6. The molecular weight excluding hydrogens is 953 g/mol. The van der Waals surface area contributed by atoms with Crippen LogP contribution in [0.25, 0.3) is 32.5 Å². The molecule has 0 saturated carbocycles. The molecule has 4 aliphatic heterocycles. The second kappa shape index (κ2) is 27.5. The average molecular weight is 1040 g/mol. The lowest BCUT2D eigenvalue weighted by Crippen LogP contribution is -2.31. The SMILES string of the molecule is CCCCCCCCN1C(=O)C2=C(c3ccc(-c4ccc(C5=C6C(=O)N(CCCCCCCC)C(c7ccccc7)=C6C(=O)N5CCCCCCCC)s4)s3)N(CCCCCCCC)C(=O)C2=C1c1ccccc1. The van der Waals surface area contributed by atoms with E-state index in [9.17, 15) is 0 Å². The molecule has 0 N–H and O–H groups in total. The highest BCUT2D eigenvalue weighted by atomic mass is 32.1. The van der Waals surface area contributed by atoms with E-state index in [0.717, 1.165) is 130 Å². The maximum absolute atomic E-state index is 15.0. The maximum Gasteiger partial charge on any atom is 0.261 e. The Hall–Kier alpha value is -5.32. The van der Waals surface area contributed by atoms with Crippen LogP contribution < -0.4 is 0 Å². The van der Waals surface area contributed by atoms with Crippen molar-refractivity contribution < 1.29 is 19.2 Å². The van der Waals surface area contributed by atoms with E-state index in [0.29, 0.717) is 48.5 Å². The molecule has 0 aliphatic carbocycles. The summed E-state index contributed by atoms with van der Waals surface area (Å²) < 4.78 is 0. The van der Waals surface area contributed by atoms with Gasteiger partial charge in [-0.15, -0.1) is 22.7 Å². The molecule has 4 amide bonds. The van der Waals surface area contributed by atoms with E-state index in [1.54, 1.807) is 22.7 Å². The molecule has 8 rings (SSSR count). The number of nitrogens with zero attached hydrogens (tertiary/aromatic N) is 4. The van der Waals surface area contributed by atoms with Crippen molar-refractivity contribution in [2.24, 2.45) is 0 Å². The topological polar surface area (TPSA) is 81.2 Å². The van der Waals surface area contributed by atoms with Crippen LogP contribution in [0.15, 0.2) is 107 Å². The van der Waals surface area contributed by atoms with Crippen LogP contribution in [0, 0.1) is 0 Å². The number of unbranched alkanes of at least 4 members (excludes halogenated alkanes) is 20. The molecule has 0 atom stereocenters. The van der Waals surface area contributed by atoms with Crippen LogP contribution in [-0.4, -0.2) is 69.4 Å². The summed E-state index contributed by atoms with van der Waals surface area (Å²) in [4.78, 5) is 71.6. The van der Waals surface area contributed by atoms with E-state index in [2.05, 4.69) is 52.0 Å². The predicted molar refractivity (Wildman–Crippen MR) is 309 cm³/mol. The fourth-order valence-corrected chi connectivity index (χ4v) is 13.6. The number of carbonyl (C=O) groups is 4. The third-order valence-electron chi connectivity index (χ3n) is 15.3. The minimum absolute atomic E-state index is 0.0788. The Balaban J connectivity index is 1.16. The largest absolute Gasteiger partial charge is 0.307 e.